The van der Waals surface area contributed by atoms with E-state index in [0.29, 0.717) is 13.0 Å². The van der Waals surface area contributed by atoms with Crippen LogP contribution >= 0.6 is 23.4 Å². The Morgan fingerprint density at radius 2 is 1.77 bits per heavy atom. The SMILES string of the molecule is CSCc1ccccc1CC(=O)NCCc1ccc(Cl)cc1. The topological polar surface area (TPSA) is 29.1 Å². The first kappa shape index (κ1) is 16.9. The van der Waals surface area contributed by atoms with Crippen molar-refractivity contribution >= 4 is 29.3 Å². The maximum Gasteiger partial charge on any atom is 0.224 e. The van der Waals surface area contributed by atoms with Gasteiger partial charge >= 0.3 is 0 Å². The number of benzene rings is 2. The minimum atomic E-state index is 0.0718. The van der Waals surface area contributed by atoms with Crippen LogP contribution in [0.25, 0.3) is 0 Å². The normalized spacial score (nSPS) is 10.5. The molecule has 22 heavy (non-hydrogen) atoms. The van der Waals surface area contributed by atoms with Gasteiger partial charge in [-0.25, -0.2) is 0 Å². The zero-order chi connectivity index (χ0) is 15.8. The number of nitrogens with one attached hydrogen (secondary N) is 1. The average molecular weight is 334 g/mol. The van der Waals surface area contributed by atoms with Gasteiger partial charge in [0.2, 0.25) is 5.91 Å². The smallest absolute Gasteiger partial charge is 0.224 e. The van der Waals surface area contributed by atoms with Gasteiger partial charge in [0.05, 0.1) is 6.42 Å². The molecule has 1 amide bonds. The second-order valence-corrected chi connectivity index (χ2v) is 6.41. The molecule has 0 fully saturated rings. The summed E-state index contributed by atoms with van der Waals surface area (Å²) in [5, 5.41) is 3.72. The number of amides is 1. The predicted molar refractivity (Wildman–Crippen MR) is 95.5 cm³/mol. The Morgan fingerprint density at radius 1 is 1.09 bits per heavy atom. The lowest BCUT2D eigenvalue weighted by atomic mass is 10.1. The Morgan fingerprint density at radius 3 is 2.45 bits per heavy atom. The number of halogens is 1. The van der Waals surface area contributed by atoms with Crippen molar-refractivity contribution in [2.45, 2.75) is 18.6 Å². The van der Waals surface area contributed by atoms with Crippen LogP contribution in [0.3, 0.4) is 0 Å². The van der Waals surface area contributed by atoms with Gasteiger partial charge < -0.3 is 5.32 Å². The highest BCUT2D eigenvalue weighted by atomic mass is 35.5. The molecule has 0 aliphatic rings. The Labute approximate surface area is 141 Å². The third kappa shape index (κ3) is 5.39. The summed E-state index contributed by atoms with van der Waals surface area (Å²) < 4.78 is 0. The van der Waals surface area contributed by atoms with E-state index in [9.17, 15) is 4.79 Å². The second kappa shape index (κ2) is 8.86. The van der Waals surface area contributed by atoms with Gasteiger partial charge in [0.25, 0.3) is 0 Å². The van der Waals surface area contributed by atoms with Crippen LogP contribution in [-0.2, 0) is 23.4 Å². The van der Waals surface area contributed by atoms with E-state index < -0.39 is 0 Å². The largest absolute Gasteiger partial charge is 0.355 e. The molecule has 2 aromatic rings. The number of rotatable bonds is 7. The molecule has 0 saturated heterocycles. The lowest BCUT2D eigenvalue weighted by molar-refractivity contribution is -0.120. The lowest BCUT2D eigenvalue weighted by Gasteiger charge is -2.09. The van der Waals surface area contributed by atoms with Crippen molar-refractivity contribution in [1.82, 2.24) is 5.32 Å². The first-order chi connectivity index (χ1) is 10.7. The lowest BCUT2D eigenvalue weighted by Crippen LogP contribution is -2.27. The molecule has 2 aromatic carbocycles. The van der Waals surface area contributed by atoms with Gasteiger partial charge in [-0.15, -0.1) is 0 Å². The minimum absolute atomic E-state index is 0.0718. The van der Waals surface area contributed by atoms with Crippen molar-refractivity contribution in [3.05, 3.63) is 70.2 Å². The molecule has 1 N–H and O–H groups in total. The van der Waals surface area contributed by atoms with Crippen molar-refractivity contribution in [1.29, 1.82) is 0 Å². The van der Waals surface area contributed by atoms with Crippen LogP contribution in [0.5, 0.6) is 0 Å². The number of carbonyl (C=O) groups is 1. The monoisotopic (exact) mass is 333 g/mol. The van der Waals surface area contributed by atoms with E-state index in [1.165, 1.54) is 11.1 Å². The predicted octanol–water partition coefficient (Wildman–Crippen LogP) is 4.10. The zero-order valence-corrected chi connectivity index (χ0v) is 14.2. The highest BCUT2D eigenvalue weighted by Gasteiger charge is 2.07. The Balaban J connectivity index is 1.82. The van der Waals surface area contributed by atoms with Crippen LogP contribution in [0.4, 0.5) is 0 Å². The van der Waals surface area contributed by atoms with Crippen LogP contribution < -0.4 is 5.32 Å². The van der Waals surface area contributed by atoms with Crippen molar-refractivity contribution in [3.8, 4) is 0 Å². The Hall–Kier alpha value is -1.45. The molecule has 0 radical (unpaired) electrons. The maximum absolute atomic E-state index is 12.1. The van der Waals surface area contributed by atoms with Gasteiger partial charge in [0, 0.05) is 17.3 Å². The molecule has 4 heteroatoms. The first-order valence-electron chi connectivity index (χ1n) is 7.26. The summed E-state index contributed by atoms with van der Waals surface area (Å²) in [4.78, 5) is 12.1. The molecular weight excluding hydrogens is 314 g/mol. The van der Waals surface area contributed by atoms with Gasteiger partial charge in [-0.3, -0.25) is 4.79 Å². The molecule has 0 aromatic heterocycles. The number of thioether (sulfide) groups is 1. The fourth-order valence-electron chi connectivity index (χ4n) is 2.26. The summed E-state index contributed by atoms with van der Waals surface area (Å²) in [6.07, 6.45) is 3.33. The first-order valence-corrected chi connectivity index (χ1v) is 9.03. The summed E-state index contributed by atoms with van der Waals surface area (Å²) in [6, 6.07) is 15.9. The number of hydrogen-bond acceptors (Lipinski definition) is 2. The zero-order valence-electron chi connectivity index (χ0n) is 12.6. The van der Waals surface area contributed by atoms with Crippen molar-refractivity contribution in [3.63, 3.8) is 0 Å². The van der Waals surface area contributed by atoms with E-state index in [-0.39, 0.29) is 5.91 Å². The van der Waals surface area contributed by atoms with Crippen LogP contribution in [0.2, 0.25) is 5.02 Å². The summed E-state index contributed by atoms with van der Waals surface area (Å²) >= 11 is 7.63. The molecule has 0 spiro atoms. The molecular formula is C18H20ClNOS. The molecule has 2 rings (SSSR count). The third-order valence-electron chi connectivity index (χ3n) is 3.42. The van der Waals surface area contributed by atoms with Gasteiger partial charge in [0.1, 0.15) is 0 Å². The number of carbonyl (C=O) groups excluding carboxylic acids is 1. The van der Waals surface area contributed by atoms with Crippen molar-refractivity contribution < 1.29 is 4.79 Å². The van der Waals surface area contributed by atoms with Crippen LogP contribution in [0.1, 0.15) is 16.7 Å². The van der Waals surface area contributed by atoms with Crippen molar-refractivity contribution in [2.24, 2.45) is 0 Å². The maximum atomic E-state index is 12.1. The van der Waals surface area contributed by atoms with Gasteiger partial charge in [0.15, 0.2) is 0 Å². The molecule has 0 atom stereocenters. The van der Waals surface area contributed by atoms with Gasteiger partial charge in [-0.05, 0) is 41.5 Å². The fraction of sp³-hybridized carbons (Fsp3) is 0.278. The average Bonchev–Trinajstić information content (AvgIpc) is 2.51. The highest BCUT2D eigenvalue weighted by Crippen LogP contribution is 2.15. The van der Waals surface area contributed by atoms with Crippen molar-refractivity contribution in [2.75, 3.05) is 12.8 Å². The van der Waals surface area contributed by atoms with E-state index in [0.717, 1.165) is 22.8 Å². The quantitative estimate of drug-likeness (QED) is 0.826. The Kier molecular flexibility index (Phi) is 6.81. The van der Waals surface area contributed by atoms with E-state index in [2.05, 4.69) is 17.6 Å². The molecule has 0 unspecified atom stereocenters. The Bertz CT molecular complexity index is 613. The van der Waals surface area contributed by atoms with Crippen LogP contribution in [-0.4, -0.2) is 18.7 Å². The molecule has 0 aliphatic carbocycles. The minimum Gasteiger partial charge on any atom is -0.355 e. The van der Waals surface area contributed by atoms with Crippen LogP contribution in [0.15, 0.2) is 48.5 Å². The second-order valence-electron chi connectivity index (χ2n) is 5.10. The molecule has 2 nitrogen and oxygen atoms in total. The van der Waals surface area contributed by atoms with E-state index >= 15 is 0 Å². The van der Waals surface area contributed by atoms with Crippen LogP contribution in [0, 0.1) is 0 Å². The summed E-state index contributed by atoms with van der Waals surface area (Å²) in [7, 11) is 0. The van der Waals surface area contributed by atoms with E-state index in [1.807, 2.05) is 42.5 Å². The summed E-state index contributed by atoms with van der Waals surface area (Å²) in [6.45, 7) is 0.644. The molecule has 116 valence electrons. The summed E-state index contributed by atoms with van der Waals surface area (Å²) in [5.41, 5.74) is 3.52. The fourth-order valence-corrected chi connectivity index (χ4v) is 2.98. The summed E-state index contributed by atoms with van der Waals surface area (Å²) in [5.74, 6) is 1.01. The van der Waals surface area contributed by atoms with Gasteiger partial charge in [-0.1, -0.05) is 48.0 Å². The molecule has 0 saturated carbocycles. The van der Waals surface area contributed by atoms with E-state index in [4.69, 9.17) is 11.6 Å². The molecule has 0 heterocycles. The number of hydrogen-bond donors (Lipinski definition) is 1. The molecule has 0 aliphatic heterocycles. The van der Waals surface area contributed by atoms with E-state index in [1.54, 1.807) is 11.8 Å². The molecule has 0 bridgehead atoms. The standard InChI is InChI=1S/C18H20ClNOS/c1-22-13-16-5-3-2-4-15(16)12-18(21)20-11-10-14-6-8-17(19)9-7-14/h2-9H,10-13H2,1H3,(H,20,21). The van der Waals surface area contributed by atoms with Gasteiger partial charge in [-0.2, -0.15) is 11.8 Å². The highest BCUT2D eigenvalue weighted by molar-refractivity contribution is 7.97. The third-order valence-corrected chi connectivity index (χ3v) is 4.27.